The molecule has 12 rings (SSSR count). The van der Waals surface area contributed by atoms with E-state index < -0.39 is 50.3 Å². The number of alkyl halides is 3. The first kappa shape index (κ1) is 72.1. The van der Waals surface area contributed by atoms with Crippen LogP contribution in [0.15, 0.2) is 211 Å². The van der Waals surface area contributed by atoms with Crippen LogP contribution in [-0.4, -0.2) is 14.7 Å². The molecular formula is C64H70F7NO10S. The molecule has 0 bridgehead atoms. The fourth-order valence-corrected chi connectivity index (χ4v) is 6.86. The summed E-state index contributed by atoms with van der Waals surface area (Å²) in [5.74, 6) is -4.18. The summed E-state index contributed by atoms with van der Waals surface area (Å²) in [6.07, 6.45) is 1.46. The van der Waals surface area contributed by atoms with Crippen LogP contribution in [0.1, 0.15) is 100 Å². The number of hydrogen-bond donors (Lipinski definition) is 0. The predicted octanol–water partition coefficient (Wildman–Crippen LogP) is 22.1. The first-order valence-corrected chi connectivity index (χ1v) is 28.4. The Kier molecular flexibility index (Phi) is 33.0. The molecule has 8 aromatic heterocycles. The molecule has 0 unspecified atom stereocenters. The monoisotopic (exact) mass is 1180 g/mol. The summed E-state index contributed by atoms with van der Waals surface area (Å²) in [6.45, 7) is 26.1. The Bertz CT molecular complexity index is 3680. The molecule has 0 amide bonds. The Balaban J connectivity index is 0.000000480. The van der Waals surface area contributed by atoms with Crippen molar-refractivity contribution in [3.8, 4) is 28.3 Å². The molecule has 0 aliphatic rings. The van der Waals surface area contributed by atoms with Crippen LogP contribution in [0.4, 0.5) is 30.7 Å². The van der Waals surface area contributed by atoms with Gasteiger partial charge >= 0.3 is 29.5 Å². The molecule has 0 fully saturated rings. The van der Waals surface area contributed by atoms with Gasteiger partial charge in [-0.15, -0.1) is 0 Å². The van der Waals surface area contributed by atoms with Gasteiger partial charge in [0.1, 0.15) is 11.5 Å². The molecule has 0 N–H and O–H groups in total. The number of benzene rings is 4. The molecule has 4 aromatic carbocycles. The van der Waals surface area contributed by atoms with Gasteiger partial charge in [-0.05, 0) is 53.4 Å². The third-order valence-corrected chi connectivity index (χ3v) is 10.6. The van der Waals surface area contributed by atoms with E-state index in [0.717, 1.165) is 12.3 Å². The average Bonchev–Trinajstić information content (AvgIpc) is 4.12. The van der Waals surface area contributed by atoms with E-state index in [4.69, 9.17) is 14.1 Å². The number of hydrogen-bond acceptors (Lipinski definition) is 11. The van der Waals surface area contributed by atoms with Crippen LogP contribution in [0.25, 0.3) is 66.9 Å². The molecule has 83 heavy (non-hydrogen) atoms. The highest BCUT2D eigenvalue weighted by Crippen LogP contribution is 2.34. The Morgan fingerprint density at radius 3 is 1.16 bits per heavy atom. The SMILES string of the molecule is CC.CC.CC.CC.CC.CC.CS(=O)(=O)c1oc2occc2c1F.Cc1ccc(-c2ccccc2)cc1.FC(F)(F)c1cc2ccoc2o1.Fc1oc2occc2c1F.N#Cc1oc2occc2c1F.c1ccc(-c2ccccc2)cc1. The molecule has 12 aromatic rings. The molecule has 0 saturated carbocycles. The van der Waals surface area contributed by atoms with E-state index in [0.29, 0.717) is 5.39 Å². The molecule has 0 spiro atoms. The summed E-state index contributed by atoms with van der Waals surface area (Å²) < 4.78 is 145. The number of nitriles is 1. The van der Waals surface area contributed by atoms with Crippen molar-refractivity contribution in [3.05, 3.63) is 211 Å². The minimum absolute atomic E-state index is 0.0394. The maximum Gasteiger partial charge on any atom is 0.449 e. The molecule has 11 nitrogen and oxygen atoms in total. The number of halogens is 7. The topological polar surface area (TPSA) is 163 Å². The first-order valence-electron chi connectivity index (χ1n) is 26.5. The summed E-state index contributed by atoms with van der Waals surface area (Å²) >= 11 is 0. The fraction of sp³-hybridized carbons (Fsp3) is 0.234. The van der Waals surface area contributed by atoms with Gasteiger partial charge in [0.2, 0.25) is 27.2 Å². The molecule has 0 aliphatic heterocycles. The summed E-state index contributed by atoms with van der Waals surface area (Å²) in [6, 6.07) is 46.5. The highest BCUT2D eigenvalue weighted by molar-refractivity contribution is 7.90. The second-order valence-electron chi connectivity index (χ2n) is 14.6. The third kappa shape index (κ3) is 21.5. The van der Waals surface area contributed by atoms with Crippen molar-refractivity contribution in [3.63, 3.8) is 0 Å². The average molecular weight is 1180 g/mol. The van der Waals surface area contributed by atoms with Gasteiger partial charge in [0, 0.05) is 12.3 Å². The largest absolute Gasteiger partial charge is 0.449 e. The van der Waals surface area contributed by atoms with E-state index in [9.17, 15) is 39.2 Å². The van der Waals surface area contributed by atoms with Gasteiger partial charge in [-0.25, -0.2) is 17.2 Å². The van der Waals surface area contributed by atoms with Crippen molar-refractivity contribution in [2.75, 3.05) is 6.26 Å². The first-order chi connectivity index (χ1) is 40.0. The third-order valence-electron chi connectivity index (χ3n) is 9.62. The highest BCUT2D eigenvalue weighted by atomic mass is 32.2. The molecule has 0 aliphatic carbocycles. The van der Waals surface area contributed by atoms with Crippen molar-refractivity contribution in [2.45, 2.75) is 101 Å². The number of furan rings is 8. The zero-order valence-corrected chi connectivity index (χ0v) is 49.6. The number of rotatable bonds is 3. The van der Waals surface area contributed by atoms with Gasteiger partial charge in [-0.1, -0.05) is 204 Å². The minimum atomic E-state index is -4.44. The Labute approximate surface area is 479 Å². The van der Waals surface area contributed by atoms with Crippen LogP contribution < -0.4 is 0 Å². The Morgan fingerprint density at radius 2 is 0.795 bits per heavy atom. The number of sulfone groups is 1. The van der Waals surface area contributed by atoms with E-state index in [1.165, 1.54) is 77.1 Å². The zero-order valence-electron chi connectivity index (χ0n) is 48.7. The smallest absolute Gasteiger partial charge is 0.433 e. The van der Waals surface area contributed by atoms with Crippen molar-refractivity contribution >= 4 is 54.5 Å². The quantitative estimate of drug-likeness (QED) is 0.155. The summed E-state index contributed by atoms with van der Waals surface area (Å²) in [7, 11) is -3.67. The lowest BCUT2D eigenvalue weighted by Crippen LogP contribution is -2.01. The summed E-state index contributed by atoms with van der Waals surface area (Å²) in [4.78, 5) is 0. The van der Waals surface area contributed by atoms with E-state index >= 15 is 0 Å². The lowest BCUT2D eigenvalue weighted by atomic mass is 10.0. The van der Waals surface area contributed by atoms with Gasteiger partial charge in [-0.3, -0.25) is 0 Å². The Hall–Kier alpha value is -8.89. The van der Waals surface area contributed by atoms with Gasteiger partial charge in [0.15, 0.2) is 11.6 Å². The summed E-state index contributed by atoms with van der Waals surface area (Å²) in [5, 5.41) is 8.25. The van der Waals surface area contributed by atoms with E-state index in [1.54, 1.807) is 6.07 Å². The lowest BCUT2D eigenvalue weighted by molar-refractivity contribution is -0.152. The highest BCUT2D eigenvalue weighted by Gasteiger charge is 2.35. The van der Waals surface area contributed by atoms with Crippen molar-refractivity contribution in [2.24, 2.45) is 0 Å². The standard InChI is InChI=1S/C13H12.C12H10.C7H3F3O2.C7H2FNO2.C7H5FO4S.C6H2F2O2.6C2H6/c1-11-7-9-13(10-8-11)12-5-3-2-4-6-12;1-3-7-11(8-4-1)12-9-5-2-6-10-12;8-7(9,10)5-3-4-1-2-11-6(4)12-5;8-6-4-1-2-10-7(4)11-5(6)3-9;1-13(9,10)7-5(8)4-2-3-11-6(4)12-7;7-4-3-1-2-9-6(3)10-5(4)8;6*1-2/h2-10H,1H3;1-10H;1-3H;1-2H;2-3H,1H3;1-2H;6*1-2H3. The zero-order chi connectivity index (χ0) is 62.7. The van der Waals surface area contributed by atoms with Gasteiger partial charge in [0.25, 0.3) is 10.9 Å². The van der Waals surface area contributed by atoms with Crippen LogP contribution in [0, 0.1) is 41.7 Å². The summed E-state index contributed by atoms with van der Waals surface area (Å²) in [5.41, 5.74) is 6.42. The predicted molar refractivity (Wildman–Crippen MR) is 313 cm³/mol. The van der Waals surface area contributed by atoms with Gasteiger partial charge in [-0.2, -0.15) is 27.2 Å². The van der Waals surface area contributed by atoms with Crippen LogP contribution in [0.2, 0.25) is 0 Å². The number of fused-ring (bicyclic) bond motifs is 4. The van der Waals surface area contributed by atoms with Crippen LogP contribution >= 0.6 is 0 Å². The lowest BCUT2D eigenvalue weighted by Gasteiger charge is -2.00. The van der Waals surface area contributed by atoms with Gasteiger partial charge in [0.05, 0.1) is 41.2 Å². The maximum absolute atomic E-state index is 13.2. The second kappa shape index (κ2) is 37.9. The minimum Gasteiger partial charge on any atom is -0.433 e. The van der Waals surface area contributed by atoms with E-state index in [1.807, 2.05) is 101 Å². The van der Waals surface area contributed by atoms with E-state index in [-0.39, 0.29) is 45.0 Å². The van der Waals surface area contributed by atoms with Crippen LogP contribution in [0.3, 0.4) is 0 Å². The van der Waals surface area contributed by atoms with Crippen molar-refractivity contribution in [1.29, 1.82) is 5.26 Å². The van der Waals surface area contributed by atoms with Crippen molar-refractivity contribution in [1.82, 2.24) is 0 Å². The van der Waals surface area contributed by atoms with Crippen LogP contribution in [-0.2, 0) is 16.0 Å². The van der Waals surface area contributed by atoms with E-state index in [2.05, 4.69) is 130 Å². The molecule has 0 saturated heterocycles. The molecule has 0 atom stereocenters. The fourth-order valence-electron chi connectivity index (χ4n) is 6.20. The normalized spacial score (nSPS) is 9.83. The molecule has 0 radical (unpaired) electrons. The molecular weight excluding hydrogens is 1110 g/mol. The second-order valence-corrected chi connectivity index (χ2v) is 16.5. The van der Waals surface area contributed by atoms with Crippen LogP contribution in [0.5, 0.6) is 0 Å². The molecule has 446 valence electrons. The molecule has 8 heterocycles. The maximum atomic E-state index is 13.2. The molecule has 19 heteroatoms. The van der Waals surface area contributed by atoms with Crippen molar-refractivity contribution < 1.29 is 74.5 Å². The number of aryl methyl sites for hydroxylation is 1. The number of nitrogens with zero attached hydrogens (tertiary/aromatic N) is 1. The Morgan fingerprint density at radius 1 is 0.434 bits per heavy atom. The van der Waals surface area contributed by atoms with Gasteiger partial charge < -0.3 is 35.3 Å².